The number of esters is 1. The lowest BCUT2D eigenvalue weighted by Gasteiger charge is -2.31. The van der Waals surface area contributed by atoms with Crippen molar-refractivity contribution in [3.05, 3.63) is 11.8 Å². The van der Waals surface area contributed by atoms with Gasteiger partial charge < -0.3 is 14.2 Å². The Balaban J connectivity index is 1.95. The molecule has 2 amide bonds. The first-order chi connectivity index (χ1) is 10.8. The molecule has 0 spiro atoms. The van der Waals surface area contributed by atoms with E-state index in [2.05, 4.69) is 10.5 Å². The van der Waals surface area contributed by atoms with Gasteiger partial charge in [0, 0.05) is 24.6 Å². The number of carbonyl (C=O) groups excluding carboxylic acids is 2. The van der Waals surface area contributed by atoms with Gasteiger partial charge in [0.05, 0.1) is 12.5 Å². The molecule has 7 heteroatoms. The van der Waals surface area contributed by atoms with Gasteiger partial charge >= 0.3 is 12.0 Å². The first kappa shape index (κ1) is 17.3. The Morgan fingerprint density at radius 2 is 2.22 bits per heavy atom. The Bertz CT molecular complexity index is 562. The summed E-state index contributed by atoms with van der Waals surface area (Å²) >= 11 is 0. The van der Waals surface area contributed by atoms with Crippen LogP contribution < -0.4 is 5.32 Å². The molecule has 2 rings (SSSR count). The number of hydrogen-bond acceptors (Lipinski definition) is 5. The summed E-state index contributed by atoms with van der Waals surface area (Å²) in [4.78, 5) is 25.8. The van der Waals surface area contributed by atoms with E-state index in [1.165, 1.54) is 0 Å². The summed E-state index contributed by atoms with van der Waals surface area (Å²) in [6.45, 7) is 9.15. The largest absolute Gasteiger partial charge is 0.466 e. The minimum Gasteiger partial charge on any atom is -0.466 e. The number of amides is 2. The zero-order valence-electron chi connectivity index (χ0n) is 14.2. The Labute approximate surface area is 136 Å². The van der Waals surface area contributed by atoms with Crippen LogP contribution in [0.5, 0.6) is 0 Å². The van der Waals surface area contributed by atoms with Crippen LogP contribution in [0.15, 0.2) is 10.6 Å². The SMILES string of the molecule is CCOC(=O)C1CCCN(C(=O)Nc2cc(C(C)(C)C)on2)C1. The zero-order valence-corrected chi connectivity index (χ0v) is 14.2. The van der Waals surface area contributed by atoms with Crippen molar-refractivity contribution in [3.63, 3.8) is 0 Å². The molecule has 7 nitrogen and oxygen atoms in total. The molecule has 0 radical (unpaired) electrons. The van der Waals surface area contributed by atoms with Crippen molar-refractivity contribution >= 4 is 17.8 Å². The number of anilines is 1. The minimum atomic E-state index is -0.271. The Hall–Kier alpha value is -2.05. The van der Waals surface area contributed by atoms with Crippen LogP contribution in [0.4, 0.5) is 10.6 Å². The molecule has 23 heavy (non-hydrogen) atoms. The van der Waals surface area contributed by atoms with Crippen LogP contribution in [0.3, 0.4) is 0 Å². The maximum absolute atomic E-state index is 12.3. The number of rotatable bonds is 3. The van der Waals surface area contributed by atoms with Gasteiger partial charge in [-0.15, -0.1) is 0 Å². The van der Waals surface area contributed by atoms with Crippen molar-refractivity contribution < 1.29 is 18.8 Å². The summed E-state index contributed by atoms with van der Waals surface area (Å²) in [5.41, 5.74) is -0.171. The van der Waals surface area contributed by atoms with Crippen LogP contribution in [0.2, 0.25) is 0 Å². The fraction of sp³-hybridized carbons (Fsp3) is 0.688. The summed E-state index contributed by atoms with van der Waals surface area (Å²) in [6, 6.07) is 1.46. The second-order valence-corrected chi connectivity index (χ2v) is 6.79. The van der Waals surface area contributed by atoms with Gasteiger partial charge in [-0.1, -0.05) is 25.9 Å². The van der Waals surface area contributed by atoms with Gasteiger partial charge in [-0.3, -0.25) is 10.1 Å². The number of nitrogens with one attached hydrogen (secondary N) is 1. The van der Waals surface area contributed by atoms with Gasteiger partial charge in [-0.2, -0.15) is 0 Å². The fourth-order valence-electron chi connectivity index (χ4n) is 2.49. The molecule has 2 heterocycles. The van der Waals surface area contributed by atoms with Crippen LogP contribution in [0.25, 0.3) is 0 Å². The number of aromatic nitrogens is 1. The lowest BCUT2D eigenvalue weighted by Crippen LogP contribution is -2.44. The minimum absolute atomic E-state index is 0.171. The van der Waals surface area contributed by atoms with E-state index in [4.69, 9.17) is 9.26 Å². The Kier molecular flexibility index (Phi) is 5.28. The number of hydrogen-bond donors (Lipinski definition) is 1. The smallest absolute Gasteiger partial charge is 0.323 e. The maximum Gasteiger partial charge on any atom is 0.323 e. The van der Waals surface area contributed by atoms with Gasteiger partial charge in [0.25, 0.3) is 0 Å². The van der Waals surface area contributed by atoms with Gasteiger partial charge in [0.1, 0.15) is 5.76 Å². The highest BCUT2D eigenvalue weighted by Gasteiger charge is 2.30. The summed E-state index contributed by atoms with van der Waals surface area (Å²) < 4.78 is 10.3. The predicted molar refractivity (Wildman–Crippen MR) is 85.2 cm³/mol. The third kappa shape index (κ3) is 4.46. The quantitative estimate of drug-likeness (QED) is 0.865. The second-order valence-electron chi connectivity index (χ2n) is 6.79. The lowest BCUT2D eigenvalue weighted by molar-refractivity contribution is -0.149. The van der Waals surface area contributed by atoms with Crippen LogP contribution in [-0.2, 0) is 14.9 Å². The highest BCUT2D eigenvalue weighted by molar-refractivity contribution is 5.88. The predicted octanol–water partition coefficient (Wildman–Crippen LogP) is 2.78. The molecule has 0 aliphatic carbocycles. The van der Waals surface area contributed by atoms with E-state index in [0.717, 1.165) is 12.8 Å². The molecular formula is C16H25N3O4. The van der Waals surface area contributed by atoms with E-state index in [9.17, 15) is 9.59 Å². The summed E-state index contributed by atoms with van der Waals surface area (Å²) in [6.07, 6.45) is 1.53. The first-order valence-corrected chi connectivity index (χ1v) is 8.01. The van der Waals surface area contributed by atoms with E-state index in [1.54, 1.807) is 17.9 Å². The molecule has 0 saturated carbocycles. The number of nitrogens with zero attached hydrogens (tertiary/aromatic N) is 2. The van der Waals surface area contributed by atoms with Crippen molar-refractivity contribution in [2.24, 2.45) is 5.92 Å². The summed E-state index contributed by atoms with van der Waals surface area (Å²) in [5.74, 6) is 0.604. The highest BCUT2D eigenvalue weighted by Crippen LogP contribution is 2.25. The van der Waals surface area contributed by atoms with Crippen molar-refractivity contribution in [1.29, 1.82) is 0 Å². The maximum atomic E-state index is 12.3. The summed E-state index contributed by atoms with van der Waals surface area (Å²) in [7, 11) is 0. The van der Waals surface area contributed by atoms with Crippen molar-refractivity contribution in [2.45, 2.75) is 46.0 Å². The molecule has 1 aromatic heterocycles. The Morgan fingerprint density at radius 3 is 2.83 bits per heavy atom. The molecule has 1 saturated heterocycles. The fourth-order valence-corrected chi connectivity index (χ4v) is 2.49. The average Bonchev–Trinajstić information content (AvgIpc) is 2.96. The van der Waals surface area contributed by atoms with Crippen LogP contribution in [-0.4, -0.2) is 41.8 Å². The molecule has 1 N–H and O–H groups in total. The van der Waals surface area contributed by atoms with Gasteiger partial charge in [-0.25, -0.2) is 4.79 Å². The van der Waals surface area contributed by atoms with Gasteiger partial charge in [0.15, 0.2) is 5.82 Å². The van der Waals surface area contributed by atoms with Gasteiger partial charge in [-0.05, 0) is 19.8 Å². The second kappa shape index (κ2) is 7.02. The van der Waals surface area contributed by atoms with E-state index >= 15 is 0 Å². The van der Waals surface area contributed by atoms with Crippen molar-refractivity contribution in [1.82, 2.24) is 10.1 Å². The molecular weight excluding hydrogens is 298 g/mol. The first-order valence-electron chi connectivity index (χ1n) is 8.01. The number of urea groups is 1. The van der Waals surface area contributed by atoms with Gasteiger partial charge in [0.2, 0.25) is 0 Å². The third-order valence-corrected chi connectivity index (χ3v) is 3.81. The van der Waals surface area contributed by atoms with E-state index in [1.807, 2.05) is 20.8 Å². The lowest BCUT2D eigenvalue weighted by atomic mass is 9.93. The molecule has 1 aromatic rings. The monoisotopic (exact) mass is 323 g/mol. The molecule has 0 bridgehead atoms. The third-order valence-electron chi connectivity index (χ3n) is 3.81. The molecule has 1 aliphatic heterocycles. The van der Waals surface area contributed by atoms with Crippen LogP contribution >= 0.6 is 0 Å². The molecule has 1 atom stereocenters. The van der Waals surface area contributed by atoms with Crippen LogP contribution in [0.1, 0.15) is 46.3 Å². The average molecular weight is 323 g/mol. The summed E-state index contributed by atoms with van der Waals surface area (Å²) in [5, 5.41) is 6.60. The zero-order chi connectivity index (χ0) is 17.0. The molecule has 1 fully saturated rings. The molecule has 1 aliphatic rings. The van der Waals surface area contributed by atoms with E-state index in [-0.39, 0.29) is 23.3 Å². The highest BCUT2D eigenvalue weighted by atomic mass is 16.5. The number of ether oxygens (including phenoxy) is 1. The van der Waals surface area contributed by atoms with E-state index in [0.29, 0.717) is 31.3 Å². The topological polar surface area (TPSA) is 84.7 Å². The molecule has 0 aromatic carbocycles. The molecule has 1 unspecified atom stereocenters. The Morgan fingerprint density at radius 1 is 1.48 bits per heavy atom. The molecule has 128 valence electrons. The number of carbonyl (C=O) groups is 2. The van der Waals surface area contributed by atoms with Crippen molar-refractivity contribution in [3.8, 4) is 0 Å². The standard InChI is InChI=1S/C16H25N3O4/c1-5-22-14(20)11-7-6-8-19(10-11)15(21)17-13-9-12(23-18-13)16(2,3)4/h9,11H,5-8,10H2,1-4H3,(H,17,18,21). The number of piperidine rings is 1. The normalized spacial score (nSPS) is 18.6. The van der Waals surface area contributed by atoms with E-state index < -0.39 is 0 Å². The number of likely N-dealkylation sites (tertiary alicyclic amines) is 1. The van der Waals surface area contributed by atoms with Crippen LogP contribution in [0, 0.1) is 5.92 Å². The van der Waals surface area contributed by atoms with Crippen molar-refractivity contribution in [2.75, 3.05) is 25.0 Å².